The number of nitrogens with one attached hydrogen (secondary N) is 1. The van der Waals surface area contributed by atoms with Crippen LogP contribution in [0.3, 0.4) is 0 Å². The van der Waals surface area contributed by atoms with Crippen molar-refractivity contribution in [1.29, 1.82) is 0 Å². The zero-order valence-electron chi connectivity index (χ0n) is 7.94. The molecule has 4 nitrogen and oxygen atoms in total. The Labute approximate surface area is 102 Å². The van der Waals surface area contributed by atoms with Crippen molar-refractivity contribution >= 4 is 17.3 Å². The molecular formula is C7H6NNaO3S. The number of rotatable bonds is 0. The van der Waals surface area contributed by atoms with E-state index >= 15 is 0 Å². The smallest absolute Gasteiger partial charge is 1.00 e. The fraction of sp³-hybridized carbons (Fsp3) is 0. The molecule has 0 radical (unpaired) electrons. The molecule has 64 valence electrons. The monoisotopic (exact) mass is 207 g/mol. The van der Waals surface area contributed by atoms with Crippen LogP contribution in [0.5, 0.6) is 0 Å². The van der Waals surface area contributed by atoms with Gasteiger partial charge in [-0.2, -0.15) is 0 Å². The molecule has 1 aromatic carbocycles. The summed E-state index contributed by atoms with van der Waals surface area (Å²) >= 11 is -1.76. The maximum absolute atomic E-state index is 11.1. The van der Waals surface area contributed by atoms with Gasteiger partial charge in [0, 0.05) is 6.07 Å². The van der Waals surface area contributed by atoms with E-state index < -0.39 is 21.7 Å². The molecule has 1 aliphatic rings. The van der Waals surface area contributed by atoms with Crippen LogP contribution in [-0.4, -0.2) is 10.5 Å². The van der Waals surface area contributed by atoms with Crippen LogP contribution in [-0.2, 0) is 11.4 Å². The summed E-state index contributed by atoms with van der Waals surface area (Å²) in [4.78, 5) is 11.4. The first kappa shape index (κ1) is 11.2. The summed E-state index contributed by atoms with van der Waals surface area (Å²) in [5, 5.41) is 10.9. The van der Waals surface area contributed by atoms with Gasteiger partial charge in [-0.1, -0.05) is 12.1 Å². The molecule has 6 heteroatoms. The van der Waals surface area contributed by atoms with Gasteiger partial charge < -0.3 is 11.2 Å². The maximum atomic E-state index is 11.1. The SMILES string of the molecule is O=C1c2ccccc2[S+]([O-])[NH+]1[O-].[H-].[Na+]. The molecule has 2 unspecified atom stereocenters. The van der Waals surface area contributed by atoms with Gasteiger partial charge in [0.1, 0.15) is 5.56 Å². The molecule has 0 bridgehead atoms. The van der Waals surface area contributed by atoms with Crippen LogP contribution in [0.2, 0.25) is 0 Å². The second-order valence-electron chi connectivity index (χ2n) is 2.38. The number of carbonyl (C=O) groups excluding carboxylic acids is 1. The minimum Gasteiger partial charge on any atom is -1.00 e. The standard InChI is InChI=1S/C7H5NO3S.Na.H/c9-7-5-3-1-2-4-6(5)12(11)8(7)10;;/h1-4,8H;;/q;+1;-1. The van der Waals surface area contributed by atoms with Crippen molar-refractivity contribution < 1.29 is 44.8 Å². The van der Waals surface area contributed by atoms with E-state index in [0.29, 0.717) is 4.90 Å². The first-order valence-electron chi connectivity index (χ1n) is 3.31. The molecule has 13 heavy (non-hydrogen) atoms. The molecule has 1 aromatic rings. The fourth-order valence-corrected chi connectivity index (χ4v) is 2.15. The largest absolute Gasteiger partial charge is 1.00 e. The Kier molecular flexibility index (Phi) is 3.53. The first-order chi connectivity index (χ1) is 5.72. The van der Waals surface area contributed by atoms with Gasteiger partial charge in [-0.05, 0) is 6.07 Å². The second kappa shape index (κ2) is 4.10. The van der Waals surface area contributed by atoms with Gasteiger partial charge in [-0.15, -0.1) is 4.47 Å². The van der Waals surface area contributed by atoms with Gasteiger partial charge in [0.05, 0.1) is 0 Å². The quantitative estimate of drug-likeness (QED) is 0.271. The van der Waals surface area contributed by atoms with Crippen LogP contribution < -0.4 is 34.0 Å². The summed E-state index contributed by atoms with van der Waals surface area (Å²) in [6, 6.07) is 6.35. The molecule has 0 fully saturated rings. The number of hydroxylamine groups is 1. The molecule has 0 aromatic heterocycles. The van der Waals surface area contributed by atoms with Crippen molar-refractivity contribution in [3.63, 3.8) is 0 Å². The maximum Gasteiger partial charge on any atom is 1.00 e. The Morgan fingerprint density at radius 1 is 1.38 bits per heavy atom. The minimum atomic E-state index is -1.76. The predicted molar refractivity (Wildman–Crippen MR) is 42.6 cm³/mol. The molecule has 0 saturated carbocycles. The van der Waals surface area contributed by atoms with Gasteiger partial charge in [0.2, 0.25) is 4.90 Å². The normalized spacial score (nSPS) is 25.2. The van der Waals surface area contributed by atoms with E-state index in [-0.39, 0.29) is 36.5 Å². The van der Waals surface area contributed by atoms with Gasteiger partial charge in [0.15, 0.2) is 11.4 Å². The number of benzene rings is 1. The third-order valence-electron chi connectivity index (χ3n) is 1.69. The van der Waals surface area contributed by atoms with E-state index in [0.717, 1.165) is 0 Å². The average molecular weight is 207 g/mol. The van der Waals surface area contributed by atoms with Crippen molar-refractivity contribution in [3.05, 3.63) is 35.0 Å². The van der Waals surface area contributed by atoms with Crippen LogP contribution in [0.4, 0.5) is 0 Å². The number of carbonyl (C=O) groups is 1. The van der Waals surface area contributed by atoms with Crippen LogP contribution >= 0.6 is 0 Å². The van der Waals surface area contributed by atoms with Gasteiger partial charge >= 0.3 is 35.5 Å². The van der Waals surface area contributed by atoms with Crippen LogP contribution in [0.1, 0.15) is 11.8 Å². The number of amides is 1. The molecule has 1 aliphatic heterocycles. The molecule has 0 aliphatic carbocycles. The van der Waals surface area contributed by atoms with Crippen LogP contribution in [0.15, 0.2) is 29.2 Å². The Balaban J connectivity index is 0.000000845. The van der Waals surface area contributed by atoms with Crippen LogP contribution in [0.25, 0.3) is 0 Å². The number of hydrogen-bond acceptors (Lipinski definition) is 3. The van der Waals surface area contributed by atoms with Crippen molar-refractivity contribution in [2.75, 3.05) is 0 Å². The Morgan fingerprint density at radius 2 is 2.00 bits per heavy atom. The Morgan fingerprint density at radius 3 is 2.62 bits per heavy atom. The third kappa shape index (κ3) is 1.69. The number of quaternary nitrogens is 1. The molecule has 1 N–H and O–H groups in total. The molecule has 1 heterocycles. The van der Waals surface area contributed by atoms with Gasteiger partial charge in [0.25, 0.3) is 0 Å². The van der Waals surface area contributed by atoms with Crippen LogP contribution in [0, 0.1) is 5.21 Å². The zero-order chi connectivity index (χ0) is 8.72. The predicted octanol–water partition coefficient (Wildman–Crippen LogP) is -3.64. The molecule has 2 atom stereocenters. The number of fused-ring (bicyclic) bond motifs is 1. The van der Waals surface area contributed by atoms with Gasteiger partial charge in [-0.25, -0.2) is 4.79 Å². The minimum absolute atomic E-state index is 0. The molecular weight excluding hydrogens is 201 g/mol. The number of hydrogen-bond donors (Lipinski definition) is 1. The summed E-state index contributed by atoms with van der Waals surface area (Å²) in [5.41, 5.74) is 0.279. The van der Waals surface area contributed by atoms with E-state index in [1.807, 2.05) is 0 Å². The molecule has 0 spiro atoms. The van der Waals surface area contributed by atoms with Crippen molar-refractivity contribution in [3.8, 4) is 0 Å². The first-order valence-corrected chi connectivity index (χ1v) is 4.46. The van der Waals surface area contributed by atoms with E-state index in [1.54, 1.807) is 12.1 Å². The van der Waals surface area contributed by atoms with E-state index in [4.69, 9.17) is 0 Å². The molecule has 0 saturated heterocycles. The summed E-state index contributed by atoms with van der Waals surface area (Å²) < 4.78 is 10.3. The molecule has 2 rings (SSSR count). The fourth-order valence-electron chi connectivity index (χ4n) is 1.11. The van der Waals surface area contributed by atoms with Crippen molar-refractivity contribution in [1.82, 2.24) is 0 Å². The van der Waals surface area contributed by atoms with Crippen molar-refractivity contribution in [2.45, 2.75) is 4.90 Å². The van der Waals surface area contributed by atoms with E-state index in [9.17, 15) is 14.6 Å². The molecule has 1 amide bonds. The van der Waals surface area contributed by atoms with E-state index in [2.05, 4.69) is 0 Å². The average Bonchev–Trinajstić information content (AvgIpc) is 2.33. The Hall–Kier alpha value is 0.120. The Bertz CT molecular complexity index is 351. The summed E-state index contributed by atoms with van der Waals surface area (Å²) in [5.74, 6) is -0.635. The third-order valence-corrected chi connectivity index (χ3v) is 2.96. The zero-order valence-corrected chi connectivity index (χ0v) is 9.76. The second-order valence-corrected chi connectivity index (χ2v) is 3.73. The summed E-state index contributed by atoms with van der Waals surface area (Å²) in [7, 11) is 0. The van der Waals surface area contributed by atoms with Crippen molar-refractivity contribution in [2.24, 2.45) is 0 Å². The van der Waals surface area contributed by atoms with Gasteiger partial charge in [-0.3, -0.25) is 0 Å². The summed E-state index contributed by atoms with van der Waals surface area (Å²) in [6.45, 7) is 0. The van der Waals surface area contributed by atoms with E-state index in [1.165, 1.54) is 12.1 Å². The summed E-state index contributed by atoms with van der Waals surface area (Å²) in [6.07, 6.45) is 0. The topological polar surface area (TPSA) is 67.6 Å².